The summed E-state index contributed by atoms with van der Waals surface area (Å²) in [6.45, 7) is 4.68. The predicted octanol–water partition coefficient (Wildman–Crippen LogP) is 2.21. The molecule has 0 bridgehead atoms. The van der Waals surface area contributed by atoms with Gasteiger partial charge in [-0.15, -0.1) is 0 Å². The number of hydrogen-bond acceptors (Lipinski definition) is 4. The van der Waals surface area contributed by atoms with Crippen LogP contribution in [-0.2, 0) is 9.53 Å². The minimum absolute atomic E-state index is 0.155. The second kappa shape index (κ2) is 10.0. The van der Waals surface area contributed by atoms with E-state index in [9.17, 15) is 9.59 Å². The molecule has 2 atom stereocenters. The number of nitrogens with zero attached hydrogens (tertiary/aromatic N) is 1. The Morgan fingerprint density at radius 2 is 2.08 bits per heavy atom. The van der Waals surface area contributed by atoms with Crippen molar-refractivity contribution in [1.82, 2.24) is 10.2 Å². The SMILES string of the molecule is Cc1ccccc1.NC(=O)CCC1CCN(C2CCCNC2)C(=O)O1. The molecule has 2 unspecified atom stereocenters. The monoisotopic (exact) mass is 347 g/mol. The Morgan fingerprint density at radius 3 is 2.60 bits per heavy atom. The molecule has 6 heteroatoms. The number of cyclic esters (lactones) is 1. The third-order valence-electron chi connectivity index (χ3n) is 4.56. The zero-order valence-corrected chi connectivity index (χ0v) is 14.9. The van der Waals surface area contributed by atoms with Crippen LogP contribution >= 0.6 is 0 Å². The molecule has 0 aromatic heterocycles. The number of benzene rings is 1. The first kappa shape index (κ1) is 19.2. The number of nitrogens with one attached hydrogen (secondary N) is 1. The Hall–Kier alpha value is -2.08. The van der Waals surface area contributed by atoms with Gasteiger partial charge in [0.05, 0.1) is 0 Å². The van der Waals surface area contributed by atoms with Crippen molar-refractivity contribution < 1.29 is 14.3 Å². The highest BCUT2D eigenvalue weighted by molar-refractivity contribution is 5.74. The fraction of sp³-hybridized carbons (Fsp3) is 0.579. The molecule has 0 aliphatic carbocycles. The van der Waals surface area contributed by atoms with E-state index in [-0.39, 0.29) is 30.6 Å². The molecule has 0 radical (unpaired) electrons. The normalized spacial score (nSPS) is 23.2. The van der Waals surface area contributed by atoms with E-state index in [4.69, 9.17) is 10.5 Å². The van der Waals surface area contributed by atoms with Gasteiger partial charge in [0.2, 0.25) is 5.91 Å². The number of aryl methyl sites for hydroxylation is 1. The molecule has 0 spiro atoms. The summed E-state index contributed by atoms with van der Waals surface area (Å²) < 4.78 is 5.35. The molecular weight excluding hydrogens is 318 g/mol. The largest absolute Gasteiger partial charge is 0.446 e. The van der Waals surface area contributed by atoms with Crippen LogP contribution in [0.25, 0.3) is 0 Å². The molecule has 138 valence electrons. The highest BCUT2D eigenvalue weighted by atomic mass is 16.6. The number of nitrogens with two attached hydrogens (primary N) is 1. The molecule has 6 nitrogen and oxygen atoms in total. The summed E-state index contributed by atoms with van der Waals surface area (Å²) in [6.07, 6.45) is 3.34. The molecule has 2 heterocycles. The van der Waals surface area contributed by atoms with Crippen molar-refractivity contribution in [2.45, 2.75) is 51.2 Å². The average molecular weight is 347 g/mol. The lowest BCUT2D eigenvalue weighted by atomic mass is 10.0. The van der Waals surface area contributed by atoms with Gasteiger partial charge in [0.1, 0.15) is 6.10 Å². The Bertz CT molecular complexity index is 544. The van der Waals surface area contributed by atoms with Crippen LogP contribution in [-0.4, -0.2) is 48.7 Å². The highest BCUT2D eigenvalue weighted by Crippen LogP contribution is 2.20. The van der Waals surface area contributed by atoms with E-state index in [0.29, 0.717) is 13.0 Å². The van der Waals surface area contributed by atoms with Crippen LogP contribution in [0.1, 0.15) is 37.7 Å². The Kier molecular flexibility index (Phi) is 7.73. The highest BCUT2D eigenvalue weighted by Gasteiger charge is 2.32. The fourth-order valence-electron chi connectivity index (χ4n) is 3.12. The smallest absolute Gasteiger partial charge is 0.410 e. The van der Waals surface area contributed by atoms with Crippen molar-refractivity contribution in [3.63, 3.8) is 0 Å². The minimum Gasteiger partial charge on any atom is -0.446 e. The second-order valence-corrected chi connectivity index (χ2v) is 6.65. The molecule has 2 amide bonds. The molecule has 1 aromatic rings. The third kappa shape index (κ3) is 6.74. The summed E-state index contributed by atoms with van der Waals surface area (Å²) >= 11 is 0. The lowest BCUT2D eigenvalue weighted by molar-refractivity contribution is -0.118. The van der Waals surface area contributed by atoms with Crippen molar-refractivity contribution >= 4 is 12.0 Å². The van der Waals surface area contributed by atoms with E-state index in [0.717, 1.165) is 32.4 Å². The van der Waals surface area contributed by atoms with Gasteiger partial charge < -0.3 is 20.7 Å². The zero-order valence-electron chi connectivity index (χ0n) is 14.9. The fourth-order valence-corrected chi connectivity index (χ4v) is 3.12. The number of hydrogen-bond donors (Lipinski definition) is 2. The summed E-state index contributed by atoms with van der Waals surface area (Å²) in [5.41, 5.74) is 6.41. The van der Waals surface area contributed by atoms with Crippen molar-refractivity contribution in [3.05, 3.63) is 35.9 Å². The van der Waals surface area contributed by atoms with Crippen LogP contribution in [0.2, 0.25) is 0 Å². The topological polar surface area (TPSA) is 84.7 Å². The standard InChI is InChI=1S/C12H21N3O3.C7H8/c13-11(16)4-3-10-5-7-15(12(17)18-10)9-2-1-6-14-8-9;1-7-5-3-2-4-6-7/h9-10,14H,1-8H2,(H2,13,16);2-6H,1H3. The summed E-state index contributed by atoms with van der Waals surface area (Å²) in [5, 5.41) is 3.29. The van der Waals surface area contributed by atoms with Crippen molar-refractivity contribution in [2.24, 2.45) is 5.73 Å². The van der Waals surface area contributed by atoms with Gasteiger partial charge in [-0.3, -0.25) is 4.79 Å². The van der Waals surface area contributed by atoms with E-state index in [1.807, 2.05) is 23.1 Å². The van der Waals surface area contributed by atoms with Gasteiger partial charge in [0.15, 0.2) is 0 Å². The molecule has 0 saturated carbocycles. The maximum absolute atomic E-state index is 11.9. The number of carbonyl (C=O) groups is 2. The molecule has 2 fully saturated rings. The maximum atomic E-state index is 11.9. The number of amides is 2. The van der Waals surface area contributed by atoms with Crippen LogP contribution in [0.3, 0.4) is 0 Å². The van der Waals surface area contributed by atoms with Gasteiger partial charge in [0.25, 0.3) is 0 Å². The molecule has 2 aliphatic rings. The van der Waals surface area contributed by atoms with Gasteiger partial charge >= 0.3 is 6.09 Å². The average Bonchev–Trinajstić information content (AvgIpc) is 2.62. The molecule has 3 rings (SSSR count). The van der Waals surface area contributed by atoms with Gasteiger partial charge in [0, 0.05) is 32.0 Å². The van der Waals surface area contributed by atoms with Crippen LogP contribution in [0.4, 0.5) is 4.79 Å². The number of carbonyl (C=O) groups excluding carboxylic acids is 2. The summed E-state index contributed by atoms with van der Waals surface area (Å²) in [6, 6.07) is 10.5. The number of piperidine rings is 1. The van der Waals surface area contributed by atoms with Gasteiger partial charge in [-0.05, 0) is 32.7 Å². The lowest BCUT2D eigenvalue weighted by Gasteiger charge is -2.38. The zero-order chi connectivity index (χ0) is 18.1. The van der Waals surface area contributed by atoms with E-state index in [2.05, 4.69) is 24.4 Å². The first-order valence-corrected chi connectivity index (χ1v) is 9.04. The van der Waals surface area contributed by atoms with Gasteiger partial charge in [-0.1, -0.05) is 35.9 Å². The molecule has 1 aromatic carbocycles. The minimum atomic E-state index is -0.343. The first-order valence-electron chi connectivity index (χ1n) is 9.04. The third-order valence-corrected chi connectivity index (χ3v) is 4.56. The van der Waals surface area contributed by atoms with Crippen LogP contribution in [0.5, 0.6) is 0 Å². The molecule has 3 N–H and O–H groups in total. The van der Waals surface area contributed by atoms with Crippen molar-refractivity contribution in [1.29, 1.82) is 0 Å². The van der Waals surface area contributed by atoms with Crippen molar-refractivity contribution in [3.8, 4) is 0 Å². The van der Waals surface area contributed by atoms with Gasteiger partial charge in [-0.25, -0.2) is 4.79 Å². The van der Waals surface area contributed by atoms with Gasteiger partial charge in [-0.2, -0.15) is 0 Å². The van der Waals surface area contributed by atoms with E-state index < -0.39 is 0 Å². The second-order valence-electron chi connectivity index (χ2n) is 6.65. The maximum Gasteiger partial charge on any atom is 0.410 e. The van der Waals surface area contributed by atoms with E-state index in [1.54, 1.807) is 0 Å². The summed E-state index contributed by atoms with van der Waals surface area (Å²) in [5.74, 6) is -0.343. The number of ether oxygens (including phenoxy) is 1. The molecule has 2 aliphatic heterocycles. The van der Waals surface area contributed by atoms with Crippen LogP contribution in [0, 0.1) is 6.92 Å². The van der Waals surface area contributed by atoms with Crippen LogP contribution in [0.15, 0.2) is 30.3 Å². The Morgan fingerprint density at radius 1 is 1.32 bits per heavy atom. The Balaban J connectivity index is 0.000000269. The quantitative estimate of drug-likeness (QED) is 0.874. The molecular formula is C19H29N3O3. The molecule has 25 heavy (non-hydrogen) atoms. The lowest BCUT2D eigenvalue weighted by Crippen LogP contribution is -2.52. The first-order chi connectivity index (χ1) is 12.1. The Labute approximate surface area is 149 Å². The predicted molar refractivity (Wildman–Crippen MR) is 97.1 cm³/mol. The number of primary amides is 1. The van der Waals surface area contributed by atoms with Crippen LogP contribution < -0.4 is 11.1 Å². The van der Waals surface area contributed by atoms with E-state index in [1.165, 1.54) is 5.56 Å². The van der Waals surface area contributed by atoms with E-state index >= 15 is 0 Å². The summed E-state index contributed by atoms with van der Waals surface area (Å²) in [7, 11) is 0. The molecule has 2 saturated heterocycles. The summed E-state index contributed by atoms with van der Waals surface area (Å²) in [4.78, 5) is 24.4. The number of rotatable bonds is 4. The van der Waals surface area contributed by atoms with Crippen molar-refractivity contribution in [2.75, 3.05) is 19.6 Å².